The fraction of sp³-hybridized carbons (Fsp3) is 0.571. The van der Waals surface area contributed by atoms with Gasteiger partial charge in [-0.05, 0) is 42.9 Å². The highest BCUT2D eigenvalue weighted by atomic mass is 32.2. The molecule has 1 aromatic heterocycles. The first-order valence-corrected chi connectivity index (χ1v) is 11.1. The third kappa shape index (κ3) is 4.52. The van der Waals surface area contributed by atoms with Gasteiger partial charge in [-0.1, -0.05) is 31.0 Å². The van der Waals surface area contributed by atoms with Gasteiger partial charge in [-0.25, -0.2) is 0 Å². The van der Waals surface area contributed by atoms with Crippen molar-refractivity contribution in [1.29, 1.82) is 0 Å². The van der Waals surface area contributed by atoms with E-state index < -0.39 is 0 Å². The van der Waals surface area contributed by atoms with Gasteiger partial charge in [0, 0.05) is 18.7 Å². The smallest absolute Gasteiger partial charge is 0.277 e. The molecule has 1 saturated carbocycles. The zero-order chi connectivity index (χ0) is 20.2. The largest absolute Gasteiger partial charge is 0.493 e. The Morgan fingerprint density at radius 3 is 2.72 bits per heavy atom. The lowest BCUT2D eigenvalue weighted by molar-refractivity contribution is -0.131. The lowest BCUT2D eigenvalue weighted by atomic mass is 9.75. The minimum absolute atomic E-state index is 0.157. The summed E-state index contributed by atoms with van der Waals surface area (Å²) in [5.41, 5.74) is 0.743. The van der Waals surface area contributed by atoms with Crippen molar-refractivity contribution in [3.8, 4) is 23.0 Å². The molecule has 1 amide bonds. The molecule has 2 aromatic rings. The Balaban J connectivity index is 1.34. The van der Waals surface area contributed by atoms with E-state index >= 15 is 0 Å². The normalized spacial score (nSPS) is 21.5. The number of hydrogen-bond acceptors (Lipinski definition) is 7. The molecule has 2 fully saturated rings. The number of likely N-dealkylation sites (tertiary alicyclic amines) is 1. The standard InChI is InChI=1S/C21H27N3O4S/c1-26-17-8-7-15(11-18(17)27-2)20-22-23-21(28-20)29-13-19(25)24-10-9-14-5-3-4-6-16(14)12-24/h7-8,11,14,16H,3-6,9-10,12-13H2,1-2H3/t14-,16-/m0/s1. The van der Waals surface area contributed by atoms with Gasteiger partial charge < -0.3 is 18.8 Å². The molecular formula is C21H27N3O4S. The van der Waals surface area contributed by atoms with Crippen molar-refractivity contribution in [1.82, 2.24) is 15.1 Å². The van der Waals surface area contributed by atoms with Crippen molar-refractivity contribution in [3.63, 3.8) is 0 Å². The molecule has 4 rings (SSSR count). The Hall–Kier alpha value is -2.22. The van der Waals surface area contributed by atoms with Crippen LogP contribution in [-0.2, 0) is 4.79 Å². The first-order chi connectivity index (χ1) is 14.2. The minimum atomic E-state index is 0.157. The maximum Gasteiger partial charge on any atom is 0.277 e. The minimum Gasteiger partial charge on any atom is -0.493 e. The first-order valence-electron chi connectivity index (χ1n) is 10.1. The summed E-state index contributed by atoms with van der Waals surface area (Å²) < 4.78 is 16.3. The van der Waals surface area contributed by atoms with Crippen LogP contribution in [0.15, 0.2) is 27.8 Å². The highest BCUT2D eigenvalue weighted by molar-refractivity contribution is 7.99. The van der Waals surface area contributed by atoms with Crippen LogP contribution < -0.4 is 9.47 Å². The number of aromatic nitrogens is 2. The number of amides is 1. The molecule has 1 aliphatic heterocycles. The van der Waals surface area contributed by atoms with Crippen LogP contribution in [0.5, 0.6) is 11.5 Å². The summed E-state index contributed by atoms with van der Waals surface area (Å²) in [6, 6.07) is 5.42. The lowest BCUT2D eigenvalue weighted by Gasteiger charge is -2.41. The Bertz CT molecular complexity index is 856. The molecule has 0 radical (unpaired) electrons. The zero-order valence-electron chi connectivity index (χ0n) is 16.9. The van der Waals surface area contributed by atoms with E-state index in [0.717, 1.165) is 31.0 Å². The summed E-state index contributed by atoms with van der Waals surface area (Å²) in [4.78, 5) is 14.7. The van der Waals surface area contributed by atoms with Crippen LogP contribution in [0, 0.1) is 11.8 Å². The van der Waals surface area contributed by atoms with Crippen LogP contribution in [0.4, 0.5) is 0 Å². The van der Waals surface area contributed by atoms with Gasteiger partial charge in [0.1, 0.15) is 0 Å². The highest BCUT2D eigenvalue weighted by Crippen LogP contribution is 2.36. The van der Waals surface area contributed by atoms with Crippen LogP contribution in [0.2, 0.25) is 0 Å². The molecule has 1 aliphatic carbocycles. The predicted molar refractivity (Wildman–Crippen MR) is 110 cm³/mol. The Kier molecular flexibility index (Phi) is 6.28. The predicted octanol–water partition coefficient (Wildman–Crippen LogP) is 3.88. The SMILES string of the molecule is COc1ccc(-c2nnc(SCC(=O)N3CC[C@@H]4CCCC[C@H]4C3)o2)cc1OC. The average molecular weight is 418 g/mol. The second kappa shape index (κ2) is 9.07. The number of thioether (sulfide) groups is 1. The van der Waals surface area contributed by atoms with Gasteiger partial charge in [-0.15, -0.1) is 10.2 Å². The number of methoxy groups -OCH3 is 2. The second-order valence-electron chi connectivity index (χ2n) is 7.66. The molecule has 2 atom stereocenters. The number of fused-ring (bicyclic) bond motifs is 1. The van der Waals surface area contributed by atoms with Gasteiger partial charge in [0.15, 0.2) is 11.5 Å². The van der Waals surface area contributed by atoms with E-state index in [1.165, 1.54) is 37.4 Å². The monoisotopic (exact) mass is 417 g/mol. The maximum absolute atomic E-state index is 12.7. The van der Waals surface area contributed by atoms with Crippen LogP contribution in [0.25, 0.3) is 11.5 Å². The molecule has 0 bridgehead atoms. The highest BCUT2D eigenvalue weighted by Gasteiger charge is 2.32. The van der Waals surface area contributed by atoms with Crippen LogP contribution in [-0.4, -0.2) is 54.1 Å². The average Bonchev–Trinajstić information content (AvgIpc) is 3.25. The molecule has 2 heterocycles. The Labute approximate surface area is 175 Å². The molecule has 1 aromatic carbocycles. The molecule has 29 heavy (non-hydrogen) atoms. The quantitative estimate of drug-likeness (QED) is 0.660. The summed E-state index contributed by atoms with van der Waals surface area (Å²) in [6.45, 7) is 1.78. The van der Waals surface area contributed by atoms with E-state index in [0.29, 0.717) is 34.3 Å². The molecule has 0 N–H and O–H groups in total. The van der Waals surface area contributed by atoms with Crippen LogP contribution >= 0.6 is 11.8 Å². The number of rotatable bonds is 6. The number of piperidine rings is 1. The summed E-state index contributed by atoms with van der Waals surface area (Å²) in [6.07, 6.45) is 6.40. The van der Waals surface area contributed by atoms with Crippen molar-refractivity contribution < 1.29 is 18.7 Å². The van der Waals surface area contributed by atoms with E-state index in [9.17, 15) is 4.79 Å². The number of ether oxygens (including phenoxy) is 2. The Morgan fingerprint density at radius 2 is 1.93 bits per heavy atom. The van der Waals surface area contributed by atoms with Crippen molar-refractivity contribution in [2.45, 2.75) is 37.3 Å². The molecule has 0 spiro atoms. The topological polar surface area (TPSA) is 77.7 Å². The van der Waals surface area contributed by atoms with Crippen molar-refractivity contribution in [2.24, 2.45) is 11.8 Å². The number of hydrogen-bond donors (Lipinski definition) is 0. The molecule has 2 aliphatic rings. The van der Waals surface area contributed by atoms with Crippen molar-refractivity contribution >= 4 is 17.7 Å². The van der Waals surface area contributed by atoms with Gasteiger partial charge in [-0.2, -0.15) is 0 Å². The summed E-state index contributed by atoms with van der Waals surface area (Å²) in [7, 11) is 3.17. The molecular weight excluding hydrogens is 390 g/mol. The summed E-state index contributed by atoms with van der Waals surface area (Å²) in [5.74, 6) is 3.61. The number of nitrogens with zero attached hydrogens (tertiary/aromatic N) is 3. The zero-order valence-corrected chi connectivity index (χ0v) is 17.7. The molecule has 1 saturated heterocycles. The number of carbonyl (C=O) groups excluding carboxylic acids is 1. The molecule has 7 nitrogen and oxygen atoms in total. The van der Waals surface area contributed by atoms with Crippen molar-refractivity contribution in [2.75, 3.05) is 33.1 Å². The second-order valence-corrected chi connectivity index (χ2v) is 8.59. The number of carbonyl (C=O) groups is 1. The molecule has 156 valence electrons. The number of benzene rings is 1. The van der Waals surface area contributed by atoms with E-state index in [4.69, 9.17) is 13.9 Å². The van der Waals surface area contributed by atoms with E-state index in [2.05, 4.69) is 10.2 Å². The summed E-state index contributed by atoms with van der Waals surface area (Å²) in [5, 5.41) is 8.58. The fourth-order valence-corrected chi connectivity index (χ4v) is 5.06. The van der Waals surface area contributed by atoms with E-state index in [1.807, 2.05) is 11.0 Å². The van der Waals surface area contributed by atoms with Crippen molar-refractivity contribution in [3.05, 3.63) is 18.2 Å². The van der Waals surface area contributed by atoms with Gasteiger partial charge in [-0.3, -0.25) is 4.79 Å². The first kappa shape index (κ1) is 20.1. The van der Waals surface area contributed by atoms with Gasteiger partial charge in [0.25, 0.3) is 5.22 Å². The lowest BCUT2D eigenvalue weighted by Crippen LogP contribution is -2.45. The third-order valence-corrected chi connectivity index (χ3v) is 6.80. The van der Waals surface area contributed by atoms with Crippen LogP contribution in [0.1, 0.15) is 32.1 Å². The van der Waals surface area contributed by atoms with Gasteiger partial charge >= 0.3 is 0 Å². The molecule has 8 heteroatoms. The maximum atomic E-state index is 12.7. The van der Waals surface area contributed by atoms with E-state index in [1.54, 1.807) is 26.4 Å². The van der Waals surface area contributed by atoms with Gasteiger partial charge in [0.2, 0.25) is 11.8 Å². The van der Waals surface area contributed by atoms with Crippen LogP contribution in [0.3, 0.4) is 0 Å². The Morgan fingerprint density at radius 1 is 1.14 bits per heavy atom. The third-order valence-electron chi connectivity index (χ3n) is 6.00. The van der Waals surface area contributed by atoms with E-state index in [-0.39, 0.29) is 5.91 Å². The van der Waals surface area contributed by atoms with Gasteiger partial charge in [0.05, 0.1) is 20.0 Å². The summed E-state index contributed by atoms with van der Waals surface area (Å²) >= 11 is 1.30. The fourth-order valence-electron chi connectivity index (χ4n) is 4.40. The molecule has 0 unspecified atom stereocenters.